The molecule has 6 rings (SSSR count). The number of carbonyl (C=O) groups is 1. The third-order valence-corrected chi connectivity index (χ3v) is 7.85. The fourth-order valence-corrected chi connectivity index (χ4v) is 5.98. The van der Waals surface area contributed by atoms with E-state index in [1.807, 2.05) is 12.1 Å². The first kappa shape index (κ1) is 16.7. The number of hydrogen-bond donors (Lipinski definition) is 1. The topological polar surface area (TPSA) is 32.3 Å². The Labute approximate surface area is 157 Å². The van der Waals surface area contributed by atoms with Crippen molar-refractivity contribution in [1.82, 2.24) is 10.2 Å². The van der Waals surface area contributed by atoms with Crippen molar-refractivity contribution >= 4 is 27.3 Å². The van der Waals surface area contributed by atoms with E-state index in [-0.39, 0.29) is 23.3 Å². The maximum absolute atomic E-state index is 14.3. The van der Waals surface area contributed by atoms with Gasteiger partial charge in [-0.15, -0.1) is 11.3 Å². The highest BCUT2D eigenvalue weighted by Gasteiger charge is 2.48. The monoisotopic (exact) mass is 372 g/mol. The number of rotatable bonds is 3. The molecule has 1 aromatic carbocycles. The molecule has 2 aromatic rings. The van der Waals surface area contributed by atoms with Crippen LogP contribution >= 0.6 is 11.3 Å². The summed E-state index contributed by atoms with van der Waals surface area (Å²) in [6.45, 7) is 6.75. The third kappa shape index (κ3) is 2.59. The number of piperidine rings is 3. The Morgan fingerprint density at radius 1 is 1.19 bits per heavy atom. The fraction of sp³-hybridized carbons (Fsp3) is 0.571. The van der Waals surface area contributed by atoms with Gasteiger partial charge in [0.25, 0.3) is 5.91 Å². The van der Waals surface area contributed by atoms with Gasteiger partial charge in [-0.05, 0) is 93.6 Å². The second-order valence-electron chi connectivity index (χ2n) is 8.73. The van der Waals surface area contributed by atoms with Gasteiger partial charge in [0.15, 0.2) is 0 Å². The Morgan fingerprint density at radius 2 is 1.92 bits per heavy atom. The number of nitrogens with one attached hydrogen (secondary N) is 1. The molecular weight excluding hydrogens is 347 g/mol. The van der Waals surface area contributed by atoms with E-state index in [4.69, 9.17) is 0 Å². The molecular formula is C21H25FN2OS. The van der Waals surface area contributed by atoms with Gasteiger partial charge in [-0.25, -0.2) is 4.39 Å². The van der Waals surface area contributed by atoms with Crippen LogP contribution in [0.3, 0.4) is 0 Å². The number of benzene rings is 1. The minimum absolute atomic E-state index is 0.00123. The molecule has 4 fully saturated rings. The van der Waals surface area contributed by atoms with Crippen molar-refractivity contribution in [2.75, 3.05) is 13.1 Å². The molecule has 0 radical (unpaired) electrons. The highest BCUT2D eigenvalue weighted by Crippen LogP contribution is 2.43. The molecule has 1 aromatic heterocycles. The quantitative estimate of drug-likeness (QED) is 0.859. The van der Waals surface area contributed by atoms with Crippen LogP contribution in [0, 0.1) is 11.7 Å². The van der Waals surface area contributed by atoms with E-state index in [1.165, 1.54) is 11.3 Å². The van der Waals surface area contributed by atoms with Gasteiger partial charge in [0.05, 0.1) is 4.88 Å². The van der Waals surface area contributed by atoms with Crippen molar-refractivity contribution in [3.8, 4) is 0 Å². The minimum Gasteiger partial charge on any atom is -0.346 e. The van der Waals surface area contributed by atoms with Crippen LogP contribution in [0.1, 0.15) is 60.7 Å². The molecule has 4 aliphatic rings. The van der Waals surface area contributed by atoms with Crippen LogP contribution in [-0.2, 0) is 0 Å². The first-order chi connectivity index (χ1) is 12.4. The fourth-order valence-electron chi connectivity index (χ4n) is 4.98. The van der Waals surface area contributed by atoms with E-state index in [9.17, 15) is 9.18 Å². The van der Waals surface area contributed by atoms with Crippen LogP contribution in [0.15, 0.2) is 18.2 Å². The van der Waals surface area contributed by atoms with Gasteiger partial charge < -0.3 is 5.32 Å². The molecule has 3 aliphatic heterocycles. The van der Waals surface area contributed by atoms with E-state index in [1.54, 1.807) is 6.07 Å². The Bertz CT molecular complexity index is 878. The first-order valence-electron chi connectivity index (χ1n) is 9.72. The lowest BCUT2D eigenvalue weighted by molar-refractivity contribution is -0.0377. The first-order valence-corrected chi connectivity index (χ1v) is 10.5. The van der Waals surface area contributed by atoms with Crippen LogP contribution < -0.4 is 5.32 Å². The third-order valence-electron chi connectivity index (χ3n) is 6.75. The summed E-state index contributed by atoms with van der Waals surface area (Å²) in [5.74, 6) is 0.813. The smallest absolute Gasteiger partial charge is 0.261 e. The van der Waals surface area contributed by atoms with E-state index in [0.717, 1.165) is 54.4 Å². The molecule has 138 valence electrons. The zero-order valence-electron chi connectivity index (χ0n) is 15.3. The Morgan fingerprint density at radius 3 is 2.58 bits per heavy atom. The summed E-state index contributed by atoms with van der Waals surface area (Å²) in [5, 5.41) is 4.16. The number of fused-ring (bicyclic) bond motifs is 4. The summed E-state index contributed by atoms with van der Waals surface area (Å²) in [6, 6.07) is 5.60. The van der Waals surface area contributed by atoms with E-state index in [2.05, 4.69) is 24.1 Å². The van der Waals surface area contributed by atoms with Crippen LogP contribution in [0.4, 0.5) is 4.39 Å². The summed E-state index contributed by atoms with van der Waals surface area (Å²) in [4.78, 5) is 16.1. The number of carbonyl (C=O) groups excluding carboxylic acids is 1. The lowest BCUT2D eigenvalue weighted by Crippen LogP contribution is -2.69. The zero-order chi connectivity index (χ0) is 18.1. The van der Waals surface area contributed by atoms with Crippen LogP contribution in [0.5, 0.6) is 0 Å². The molecule has 26 heavy (non-hydrogen) atoms. The molecule has 1 atom stereocenters. The van der Waals surface area contributed by atoms with E-state index < -0.39 is 0 Å². The van der Waals surface area contributed by atoms with E-state index in [0.29, 0.717) is 16.7 Å². The van der Waals surface area contributed by atoms with Gasteiger partial charge in [-0.3, -0.25) is 9.69 Å². The lowest BCUT2D eigenvalue weighted by atomic mass is 9.72. The van der Waals surface area contributed by atoms with Crippen molar-refractivity contribution in [2.24, 2.45) is 5.92 Å². The summed E-state index contributed by atoms with van der Waals surface area (Å²) in [5.41, 5.74) is 0.823. The molecule has 2 bridgehead atoms. The molecule has 1 unspecified atom stereocenters. The number of hydrogen-bond acceptors (Lipinski definition) is 3. The number of thiophene rings is 1. The van der Waals surface area contributed by atoms with Crippen molar-refractivity contribution in [3.05, 3.63) is 34.5 Å². The second kappa shape index (κ2) is 5.77. The Kier molecular flexibility index (Phi) is 3.70. The van der Waals surface area contributed by atoms with Gasteiger partial charge in [-0.1, -0.05) is 0 Å². The molecule has 4 heterocycles. The largest absolute Gasteiger partial charge is 0.346 e. The maximum Gasteiger partial charge on any atom is 0.261 e. The Hall–Kier alpha value is -1.46. The summed E-state index contributed by atoms with van der Waals surface area (Å²) >= 11 is 1.49. The Balaban J connectivity index is 1.42. The second-order valence-corrected chi connectivity index (χ2v) is 9.81. The molecule has 1 amide bonds. The van der Waals surface area contributed by atoms with E-state index >= 15 is 0 Å². The number of nitrogens with zero attached hydrogens (tertiary/aromatic N) is 1. The van der Waals surface area contributed by atoms with Gasteiger partial charge in [-0.2, -0.15) is 0 Å². The summed E-state index contributed by atoms with van der Waals surface area (Å²) < 4.78 is 15.3. The number of halogens is 1. The predicted molar refractivity (Wildman–Crippen MR) is 103 cm³/mol. The molecule has 1 aliphatic carbocycles. The zero-order valence-corrected chi connectivity index (χ0v) is 16.2. The maximum atomic E-state index is 14.3. The lowest BCUT2D eigenvalue weighted by Gasteiger charge is -2.56. The number of amides is 1. The van der Waals surface area contributed by atoms with Gasteiger partial charge in [0.2, 0.25) is 0 Å². The molecule has 3 saturated heterocycles. The molecule has 1 N–H and O–H groups in total. The predicted octanol–water partition coefficient (Wildman–Crippen LogP) is 4.52. The normalized spacial score (nSPS) is 29.9. The molecule has 1 saturated carbocycles. The highest BCUT2D eigenvalue weighted by atomic mass is 32.1. The minimum atomic E-state index is -0.122. The molecule has 3 nitrogen and oxygen atoms in total. The summed E-state index contributed by atoms with van der Waals surface area (Å²) in [7, 11) is 0. The van der Waals surface area contributed by atoms with Crippen molar-refractivity contribution in [3.63, 3.8) is 0 Å². The van der Waals surface area contributed by atoms with Crippen LogP contribution in [0.2, 0.25) is 0 Å². The standard InChI is InChI=1S/C21H25FN2OS/c1-21(2)19(13-5-7-24(21)8-6-13)23-20(25)18-10-14-9-16(22)15(12-3-4-12)11-17(14)26-18/h9-13,19H,3-8H2,1-2H3,(H,23,25). The SMILES string of the molecule is CC1(C)C(NC(=O)c2cc3cc(F)c(C4CC4)cc3s2)C2CCN1CC2. The van der Waals surface area contributed by atoms with Gasteiger partial charge in [0.1, 0.15) is 5.82 Å². The summed E-state index contributed by atoms with van der Waals surface area (Å²) in [6.07, 6.45) is 4.49. The average molecular weight is 373 g/mol. The van der Waals surface area contributed by atoms with Crippen molar-refractivity contribution < 1.29 is 9.18 Å². The highest BCUT2D eigenvalue weighted by molar-refractivity contribution is 7.20. The molecule has 0 spiro atoms. The average Bonchev–Trinajstić information content (AvgIpc) is 3.37. The molecule has 5 heteroatoms. The van der Waals surface area contributed by atoms with Crippen LogP contribution in [0.25, 0.3) is 10.1 Å². The van der Waals surface area contributed by atoms with Crippen molar-refractivity contribution in [2.45, 2.75) is 57.0 Å². The van der Waals surface area contributed by atoms with Crippen LogP contribution in [-0.4, -0.2) is 35.5 Å². The van der Waals surface area contributed by atoms with Gasteiger partial charge in [0, 0.05) is 16.3 Å². The van der Waals surface area contributed by atoms with Crippen molar-refractivity contribution in [1.29, 1.82) is 0 Å². The van der Waals surface area contributed by atoms with Gasteiger partial charge >= 0.3 is 0 Å².